The first-order chi connectivity index (χ1) is 9.75. The molecule has 106 valence electrons. The highest BCUT2D eigenvalue weighted by Crippen LogP contribution is 2.06. The zero-order valence-corrected chi connectivity index (χ0v) is 11.2. The number of amides is 2. The van der Waals surface area contributed by atoms with Gasteiger partial charge in [0.1, 0.15) is 0 Å². The van der Waals surface area contributed by atoms with Crippen LogP contribution in [0.4, 0.5) is 4.79 Å². The van der Waals surface area contributed by atoms with Crippen LogP contribution in [0.3, 0.4) is 0 Å². The van der Waals surface area contributed by atoms with E-state index < -0.39 is 6.03 Å². The average molecular weight is 274 g/mol. The first-order valence-electron chi connectivity index (χ1n) is 6.47. The zero-order chi connectivity index (χ0) is 14.2. The van der Waals surface area contributed by atoms with Crippen LogP contribution in [0.15, 0.2) is 42.9 Å². The standard InChI is InChI=1S/C14H18N4O2/c15-14(19)18(10-12-5-2-1-3-6-12)20-8-4-7-13-9-16-11-17-13/h1-3,5-6,9,11H,4,7-8,10H2,(H2,15,19)(H,16,17). The van der Waals surface area contributed by atoms with E-state index in [1.54, 1.807) is 6.33 Å². The molecular formula is C14H18N4O2. The van der Waals surface area contributed by atoms with Gasteiger partial charge in [-0.25, -0.2) is 9.78 Å². The van der Waals surface area contributed by atoms with Gasteiger partial charge in [-0.2, -0.15) is 5.06 Å². The summed E-state index contributed by atoms with van der Waals surface area (Å²) in [6.45, 7) is 0.765. The molecule has 1 aromatic heterocycles. The molecule has 2 rings (SSSR count). The topological polar surface area (TPSA) is 84.2 Å². The third-order valence-electron chi connectivity index (χ3n) is 2.79. The van der Waals surface area contributed by atoms with Crippen LogP contribution in [0.5, 0.6) is 0 Å². The molecular weight excluding hydrogens is 256 g/mol. The molecule has 20 heavy (non-hydrogen) atoms. The summed E-state index contributed by atoms with van der Waals surface area (Å²) in [4.78, 5) is 23.8. The minimum absolute atomic E-state index is 0.346. The van der Waals surface area contributed by atoms with Gasteiger partial charge in [0.05, 0.1) is 25.2 Å². The molecule has 0 aliphatic heterocycles. The Labute approximate surface area is 117 Å². The van der Waals surface area contributed by atoms with Gasteiger partial charge in [-0.3, -0.25) is 4.84 Å². The molecule has 0 fully saturated rings. The van der Waals surface area contributed by atoms with Gasteiger partial charge in [-0.1, -0.05) is 30.3 Å². The molecule has 0 unspecified atom stereocenters. The monoisotopic (exact) mass is 274 g/mol. The van der Waals surface area contributed by atoms with E-state index >= 15 is 0 Å². The molecule has 0 radical (unpaired) electrons. The molecule has 2 amide bonds. The minimum atomic E-state index is -0.589. The summed E-state index contributed by atoms with van der Waals surface area (Å²) < 4.78 is 0. The highest BCUT2D eigenvalue weighted by molar-refractivity contribution is 5.70. The molecule has 0 saturated heterocycles. The number of nitrogens with two attached hydrogens (primary N) is 1. The van der Waals surface area contributed by atoms with E-state index in [1.807, 2.05) is 36.5 Å². The predicted molar refractivity (Wildman–Crippen MR) is 74.4 cm³/mol. The number of rotatable bonds is 7. The van der Waals surface area contributed by atoms with Crippen LogP contribution in [0.25, 0.3) is 0 Å². The van der Waals surface area contributed by atoms with E-state index in [2.05, 4.69) is 9.97 Å². The lowest BCUT2D eigenvalue weighted by atomic mass is 10.2. The summed E-state index contributed by atoms with van der Waals surface area (Å²) in [6.07, 6.45) is 5.04. The molecule has 6 heteroatoms. The van der Waals surface area contributed by atoms with Gasteiger partial charge in [0.15, 0.2) is 0 Å². The fourth-order valence-electron chi connectivity index (χ4n) is 1.79. The van der Waals surface area contributed by atoms with E-state index in [1.165, 1.54) is 5.06 Å². The van der Waals surface area contributed by atoms with Crippen LogP contribution in [-0.2, 0) is 17.8 Å². The summed E-state index contributed by atoms with van der Waals surface area (Å²) >= 11 is 0. The molecule has 0 atom stereocenters. The lowest BCUT2D eigenvalue weighted by Crippen LogP contribution is -2.35. The number of carbonyl (C=O) groups is 1. The highest BCUT2D eigenvalue weighted by Gasteiger charge is 2.11. The second-order valence-corrected chi connectivity index (χ2v) is 4.36. The number of hydrogen-bond acceptors (Lipinski definition) is 3. The average Bonchev–Trinajstić information content (AvgIpc) is 2.96. The van der Waals surface area contributed by atoms with Crippen LogP contribution in [0.1, 0.15) is 17.7 Å². The number of hydrogen-bond donors (Lipinski definition) is 2. The van der Waals surface area contributed by atoms with E-state index in [0.29, 0.717) is 13.2 Å². The van der Waals surface area contributed by atoms with E-state index in [0.717, 1.165) is 24.1 Å². The lowest BCUT2D eigenvalue weighted by molar-refractivity contribution is -0.122. The van der Waals surface area contributed by atoms with Crippen LogP contribution in [0.2, 0.25) is 0 Å². The number of hydroxylamine groups is 2. The Morgan fingerprint density at radius 3 is 2.80 bits per heavy atom. The molecule has 1 aromatic carbocycles. The Morgan fingerprint density at radius 2 is 2.15 bits per heavy atom. The number of benzene rings is 1. The summed E-state index contributed by atoms with van der Waals surface area (Å²) in [6, 6.07) is 8.99. The zero-order valence-electron chi connectivity index (χ0n) is 11.2. The number of carbonyl (C=O) groups excluding carboxylic acids is 1. The largest absolute Gasteiger partial charge is 0.351 e. The van der Waals surface area contributed by atoms with Crippen molar-refractivity contribution < 1.29 is 9.63 Å². The maximum atomic E-state index is 11.3. The smallest absolute Gasteiger partial charge is 0.339 e. The van der Waals surface area contributed by atoms with Crippen molar-refractivity contribution in [3.8, 4) is 0 Å². The van der Waals surface area contributed by atoms with Crippen molar-refractivity contribution in [1.82, 2.24) is 15.0 Å². The van der Waals surface area contributed by atoms with Crippen molar-refractivity contribution in [1.29, 1.82) is 0 Å². The Balaban J connectivity index is 1.76. The second-order valence-electron chi connectivity index (χ2n) is 4.36. The number of nitrogens with one attached hydrogen (secondary N) is 1. The molecule has 3 N–H and O–H groups in total. The van der Waals surface area contributed by atoms with Gasteiger partial charge < -0.3 is 10.7 Å². The number of aryl methyl sites for hydroxylation is 1. The van der Waals surface area contributed by atoms with Gasteiger partial charge in [-0.15, -0.1) is 0 Å². The Bertz CT molecular complexity index is 513. The Morgan fingerprint density at radius 1 is 1.35 bits per heavy atom. The Kier molecular flexibility index (Phi) is 5.14. The lowest BCUT2D eigenvalue weighted by Gasteiger charge is -2.19. The van der Waals surface area contributed by atoms with Crippen LogP contribution >= 0.6 is 0 Å². The molecule has 0 saturated carbocycles. The van der Waals surface area contributed by atoms with Crippen LogP contribution in [-0.4, -0.2) is 27.7 Å². The normalized spacial score (nSPS) is 10.4. The quantitative estimate of drug-likeness (QED) is 0.597. The van der Waals surface area contributed by atoms with Crippen molar-refractivity contribution >= 4 is 6.03 Å². The SMILES string of the molecule is NC(=O)N(Cc1ccccc1)OCCCc1c[nH]cn1. The van der Waals surface area contributed by atoms with Crippen molar-refractivity contribution in [3.63, 3.8) is 0 Å². The molecule has 0 aliphatic carbocycles. The number of urea groups is 1. The third kappa shape index (κ3) is 4.40. The minimum Gasteiger partial charge on any atom is -0.351 e. The van der Waals surface area contributed by atoms with Crippen LogP contribution < -0.4 is 5.73 Å². The fraction of sp³-hybridized carbons (Fsp3) is 0.286. The van der Waals surface area contributed by atoms with Crippen molar-refractivity contribution in [3.05, 3.63) is 54.1 Å². The summed E-state index contributed by atoms with van der Waals surface area (Å²) in [7, 11) is 0. The number of imidazole rings is 1. The second kappa shape index (κ2) is 7.30. The number of aromatic nitrogens is 2. The number of H-pyrrole nitrogens is 1. The first-order valence-corrected chi connectivity index (χ1v) is 6.47. The molecule has 0 aliphatic rings. The van der Waals surface area contributed by atoms with Crippen molar-refractivity contribution in [2.24, 2.45) is 5.73 Å². The van der Waals surface area contributed by atoms with E-state index in [4.69, 9.17) is 10.6 Å². The summed E-state index contributed by atoms with van der Waals surface area (Å²) in [5.74, 6) is 0. The van der Waals surface area contributed by atoms with Gasteiger partial charge in [0.2, 0.25) is 0 Å². The number of aromatic amines is 1. The summed E-state index contributed by atoms with van der Waals surface area (Å²) in [5, 5.41) is 1.18. The summed E-state index contributed by atoms with van der Waals surface area (Å²) in [5.41, 5.74) is 7.25. The van der Waals surface area contributed by atoms with E-state index in [-0.39, 0.29) is 0 Å². The molecule has 2 aromatic rings. The van der Waals surface area contributed by atoms with Crippen molar-refractivity contribution in [2.75, 3.05) is 6.61 Å². The van der Waals surface area contributed by atoms with Crippen LogP contribution in [0, 0.1) is 0 Å². The Hall–Kier alpha value is -2.34. The van der Waals surface area contributed by atoms with Crippen molar-refractivity contribution in [2.45, 2.75) is 19.4 Å². The maximum absolute atomic E-state index is 11.3. The molecule has 0 bridgehead atoms. The maximum Gasteiger partial charge on any atom is 0.339 e. The third-order valence-corrected chi connectivity index (χ3v) is 2.79. The molecule has 1 heterocycles. The first kappa shape index (κ1) is 14.1. The van der Waals surface area contributed by atoms with E-state index in [9.17, 15) is 4.79 Å². The van der Waals surface area contributed by atoms with Gasteiger partial charge in [0, 0.05) is 6.20 Å². The van der Waals surface area contributed by atoms with Gasteiger partial charge in [-0.05, 0) is 18.4 Å². The highest BCUT2D eigenvalue weighted by atomic mass is 16.7. The number of primary amides is 1. The predicted octanol–water partition coefficient (Wildman–Crippen LogP) is 1.85. The molecule has 0 spiro atoms. The number of nitrogens with zero attached hydrogens (tertiary/aromatic N) is 2. The molecule has 6 nitrogen and oxygen atoms in total. The van der Waals surface area contributed by atoms with Gasteiger partial charge in [0.25, 0.3) is 0 Å². The van der Waals surface area contributed by atoms with Gasteiger partial charge >= 0.3 is 6.03 Å². The fourth-order valence-corrected chi connectivity index (χ4v) is 1.79.